The summed E-state index contributed by atoms with van der Waals surface area (Å²) >= 11 is 0. The van der Waals surface area contributed by atoms with Crippen LogP contribution in [0.25, 0.3) is 0 Å². The van der Waals surface area contributed by atoms with Crippen molar-refractivity contribution in [1.82, 2.24) is 4.90 Å². The standard InChI is InChI=1S/C47H75NO14/c1-13-35(37(51)26-39(61-33(8)50)31(6)29(4)23-34-17-18-38(60-32(7)49)40(25-34)56-9)21-27(2)20-28(3)22-41(57-10)43-42(58-11)24-30(5)47(55,62-43)44(52)45(53)48-19-15-14-16-36(48)46(54)59-12/h21,23,28,30-31,34-36,38-43,55H,13-20,22,24-26H2,1-12H3/b27-21+,29-23+/t28-,30+,31+,34?,35+,36-,38+,39-,40+,41-,42-,43+,47+/m0/s1. The number of ketones is 2. The molecule has 2 saturated heterocycles. The van der Waals surface area contributed by atoms with Crippen molar-refractivity contribution in [2.75, 3.05) is 35.0 Å². The summed E-state index contributed by atoms with van der Waals surface area (Å²) in [5.74, 6) is -7.33. The number of aliphatic hydroxyl groups is 1. The number of Topliss-reactive ketones (excluding diaryl/α,β-unsaturated/α-hetero) is 2. The van der Waals surface area contributed by atoms with Crippen LogP contribution in [0.5, 0.6) is 0 Å². The number of nitrogens with zero attached hydrogens (tertiary/aromatic N) is 1. The van der Waals surface area contributed by atoms with Gasteiger partial charge in [-0.2, -0.15) is 0 Å². The number of hydrogen-bond acceptors (Lipinski definition) is 14. The van der Waals surface area contributed by atoms with Crippen LogP contribution in [0.2, 0.25) is 0 Å². The second-order valence-corrected chi connectivity index (χ2v) is 17.9. The summed E-state index contributed by atoms with van der Waals surface area (Å²) in [7, 11) is 5.89. The van der Waals surface area contributed by atoms with Crippen LogP contribution in [0.4, 0.5) is 0 Å². The summed E-state index contributed by atoms with van der Waals surface area (Å²) in [6, 6.07) is -0.922. The minimum absolute atomic E-state index is 0.00717. The molecule has 0 bridgehead atoms. The number of carbonyl (C=O) groups is 6. The number of likely N-dealkylation sites (tertiary alicyclic amines) is 1. The smallest absolute Gasteiger partial charge is 0.328 e. The number of piperidine rings is 1. The van der Waals surface area contributed by atoms with Crippen LogP contribution in [0.3, 0.4) is 0 Å². The van der Waals surface area contributed by atoms with E-state index in [2.05, 4.69) is 6.08 Å². The van der Waals surface area contributed by atoms with Gasteiger partial charge in [0.15, 0.2) is 0 Å². The van der Waals surface area contributed by atoms with Crippen molar-refractivity contribution in [2.24, 2.45) is 29.6 Å². The minimum Gasteiger partial charge on any atom is -0.467 e. The molecule has 0 aromatic rings. The molecular formula is C47H75NO14. The molecule has 3 fully saturated rings. The fourth-order valence-corrected chi connectivity index (χ4v) is 9.53. The molecule has 1 unspecified atom stereocenters. The van der Waals surface area contributed by atoms with Gasteiger partial charge in [0.05, 0.1) is 25.4 Å². The monoisotopic (exact) mass is 878 g/mol. The maximum atomic E-state index is 13.9. The van der Waals surface area contributed by atoms with Gasteiger partial charge >= 0.3 is 17.9 Å². The second-order valence-electron chi connectivity index (χ2n) is 17.9. The van der Waals surface area contributed by atoms with Crippen LogP contribution < -0.4 is 0 Å². The Labute approximate surface area is 368 Å². The topological polar surface area (TPSA) is 190 Å². The second kappa shape index (κ2) is 24.5. The highest BCUT2D eigenvalue weighted by Gasteiger charge is 2.56. The summed E-state index contributed by atoms with van der Waals surface area (Å²) in [4.78, 5) is 78.9. The van der Waals surface area contributed by atoms with E-state index in [0.29, 0.717) is 51.4 Å². The molecule has 0 spiro atoms. The van der Waals surface area contributed by atoms with Crippen molar-refractivity contribution >= 4 is 35.4 Å². The van der Waals surface area contributed by atoms with E-state index in [1.54, 1.807) is 14.0 Å². The Morgan fingerprint density at radius 3 is 2.13 bits per heavy atom. The van der Waals surface area contributed by atoms with Crippen LogP contribution in [0, 0.1) is 29.6 Å². The van der Waals surface area contributed by atoms with Crippen molar-refractivity contribution in [2.45, 2.75) is 174 Å². The van der Waals surface area contributed by atoms with E-state index in [4.69, 9.17) is 33.2 Å². The van der Waals surface area contributed by atoms with Gasteiger partial charge in [-0.3, -0.25) is 24.0 Å². The molecule has 13 atom stereocenters. The summed E-state index contributed by atoms with van der Waals surface area (Å²) in [6.07, 6.45) is 6.54. The van der Waals surface area contributed by atoms with Gasteiger partial charge in [0.25, 0.3) is 11.7 Å². The fourth-order valence-electron chi connectivity index (χ4n) is 9.53. The molecule has 0 aromatic heterocycles. The first kappa shape index (κ1) is 52.8. The first-order valence-electron chi connectivity index (χ1n) is 22.4. The lowest BCUT2D eigenvalue weighted by Gasteiger charge is -2.47. The highest BCUT2D eigenvalue weighted by molar-refractivity contribution is 6.39. The summed E-state index contributed by atoms with van der Waals surface area (Å²) < 4.78 is 39.7. The molecule has 1 saturated carbocycles. The molecular weight excluding hydrogens is 803 g/mol. The summed E-state index contributed by atoms with van der Waals surface area (Å²) in [5, 5.41) is 11.8. The molecule has 3 rings (SSSR count). The number of amides is 1. The zero-order valence-electron chi connectivity index (χ0n) is 39.3. The molecule has 1 N–H and O–H groups in total. The van der Waals surface area contributed by atoms with Crippen molar-refractivity contribution in [3.05, 3.63) is 23.3 Å². The SMILES string of the molecule is CC[C@H](/C=C(\C)C[C@H](C)C[C@H](OC)[C@H]1O[C@@](O)(C(=O)C(=O)N2CCCC[C@H]2C(=O)OC)[C@H](C)C[C@@H]1OC)C(=O)C[C@H](OC(C)=O)[C@H](C)/C(C)=C/C1CC[C@@H](OC(C)=O)[C@H](OC)C1. The Morgan fingerprint density at radius 1 is 0.871 bits per heavy atom. The van der Waals surface area contributed by atoms with Gasteiger partial charge in [0.2, 0.25) is 5.79 Å². The first-order chi connectivity index (χ1) is 29.2. The average molecular weight is 878 g/mol. The summed E-state index contributed by atoms with van der Waals surface area (Å²) in [6.45, 7) is 14.5. The average Bonchev–Trinajstić information content (AvgIpc) is 3.24. The van der Waals surface area contributed by atoms with Gasteiger partial charge in [-0.25, -0.2) is 4.79 Å². The molecule has 62 heavy (non-hydrogen) atoms. The Bertz CT molecular complexity index is 1610. The molecule has 1 amide bonds. The van der Waals surface area contributed by atoms with E-state index < -0.39 is 71.7 Å². The van der Waals surface area contributed by atoms with Crippen molar-refractivity contribution in [3.8, 4) is 0 Å². The van der Waals surface area contributed by atoms with E-state index in [1.807, 2.05) is 40.7 Å². The van der Waals surface area contributed by atoms with Crippen molar-refractivity contribution < 1.29 is 67.0 Å². The zero-order chi connectivity index (χ0) is 46.5. The lowest BCUT2D eigenvalue weighted by Crippen LogP contribution is -2.64. The van der Waals surface area contributed by atoms with Gasteiger partial charge in [0, 0.05) is 65.9 Å². The molecule has 352 valence electrons. The number of carbonyl (C=O) groups excluding carboxylic acids is 6. The zero-order valence-corrected chi connectivity index (χ0v) is 39.3. The van der Waals surface area contributed by atoms with Gasteiger partial charge in [-0.1, -0.05) is 51.0 Å². The van der Waals surface area contributed by atoms with Crippen LogP contribution in [-0.2, 0) is 61.9 Å². The highest BCUT2D eigenvalue weighted by atomic mass is 16.7. The molecule has 15 heteroatoms. The van der Waals surface area contributed by atoms with Crippen molar-refractivity contribution in [3.63, 3.8) is 0 Å². The quantitative estimate of drug-likeness (QED) is 0.0624. The molecule has 3 aliphatic rings. The van der Waals surface area contributed by atoms with Gasteiger partial charge < -0.3 is 43.2 Å². The first-order valence-corrected chi connectivity index (χ1v) is 22.4. The lowest BCUT2D eigenvalue weighted by atomic mass is 9.81. The highest BCUT2D eigenvalue weighted by Crippen LogP contribution is 2.39. The van der Waals surface area contributed by atoms with Crippen LogP contribution in [0.1, 0.15) is 126 Å². The van der Waals surface area contributed by atoms with E-state index in [1.165, 1.54) is 40.1 Å². The number of hydrogen-bond donors (Lipinski definition) is 1. The minimum atomic E-state index is -2.48. The number of methoxy groups -OCH3 is 4. The molecule has 0 aromatic carbocycles. The number of rotatable bonds is 21. The fraction of sp³-hybridized carbons (Fsp3) is 0.787. The van der Waals surface area contributed by atoms with Gasteiger partial charge in [-0.05, 0) is 89.9 Å². The maximum Gasteiger partial charge on any atom is 0.328 e. The van der Waals surface area contributed by atoms with Crippen LogP contribution in [0.15, 0.2) is 23.3 Å². The van der Waals surface area contributed by atoms with Crippen molar-refractivity contribution in [1.29, 1.82) is 0 Å². The number of esters is 3. The molecule has 2 aliphatic heterocycles. The van der Waals surface area contributed by atoms with Gasteiger partial charge in [0.1, 0.15) is 30.1 Å². The van der Waals surface area contributed by atoms with E-state index in [-0.39, 0.29) is 61.1 Å². The number of ether oxygens (including phenoxy) is 7. The normalized spacial score (nSPS) is 29.7. The predicted octanol–water partition coefficient (Wildman–Crippen LogP) is 5.86. The van der Waals surface area contributed by atoms with Crippen LogP contribution >= 0.6 is 0 Å². The lowest BCUT2D eigenvalue weighted by molar-refractivity contribution is -0.302. The Balaban J connectivity index is 1.70. The third-order valence-electron chi connectivity index (χ3n) is 13.2. The third-order valence-corrected chi connectivity index (χ3v) is 13.2. The number of allylic oxidation sites excluding steroid dienone is 3. The molecule has 1 aliphatic carbocycles. The maximum absolute atomic E-state index is 13.9. The Kier molecular flexibility index (Phi) is 20.9. The third kappa shape index (κ3) is 14.0. The molecule has 2 heterocycles. The van der Waals surface area contributed by atoms with Crippen LogP contribution in [-0.4, -0.2) is 129 Å². The predicted molar refractivity (Wildman–Crippen MR) is 229 cm³/mol. The van der Waals surface area contributed by atoms with Gasteiger partial charge in [-0.15, -0.1) is 0 Å². The summed E-state index contributed by atoms with van der Waals surface area (Å²) in [5.41, 5.74) is 1.99. The molecule has 15 nitrogen and oxygen atoms in total. The molecule has 0 radical (unpaired) electrons. The van der Waals surface area contributed by atoms with E-state index in [9.17, 15) is 33.9 Å². The Hall–Kier alpha value is -3.50. The Morgan fingerprint density at radius 2 is 1.55 bits per heavy atom. The largest absolute Gasteiger partial charge is 0.467 e. The van der Waals surface area contributed by atoms with E-state index >= 15 is 0 Å². The van der Waals surface area contributed by atoms with E-state index in [0.717, 1.165) is 17.6 Å².